The largest absolute Gasteiger partial charge is 0.338 e. The summed E-state index contributed by atoms with van der Waals surface area (Å²) in [5.74, 6) is 0.653. The Morgan fingerprint density at radius 3 is 2.93 bits per heavy atom. The van der Waals surface area contributed by atoms with Crippen LogP contribution in [0.1, 0.15) is 26.7 Å². The second kappa shape index (κ2) is 5.86. The van der Waals surface area contributed by atoms with Gasteiger partial charge in [-0.25, -0.2) is 4.79 Å². The third-order valence-electron chi connectivity index (χ3n) is 2.44. The number of carbonyl (C=O) groups is 1. The summed E-state index contributed by atoms with van der Waals surface area (Å²) in [6, 6.07) is 0.253. The Morgan fingerprint density at radius 1 is 1.50 bits per heavy atom. The van der Waals surface area contributed by atoms with E-state index in [2.05, 4.69) is 22.9 Å². The van der Waals surface area contributed by atoms with Crippen LogP contribution in [0.5, 0.6) is 0 Å². The van der Waals surface area contributed by atoms with Crippen LogP contribution in [0, 0.1) is 5.92 Å². The molecule has 2 amide bonds. The van der Waals surface area contributed by atoms with E-state index in [1.54, 1.807) is 0 Å². The highest BCUT2D eigenvalue weighted by molar-refractivity contribution is 5.74. The van der Waals surface area contributed by atoms with Gasteiger partial charge in [0.1, 0.15) is 0 Å². The second-order valence-electron chi connectivity index (χ2n) is 4.10. The van der Waals surface area contributed by atoms with Crippen molar-refractivity contribution in [2.75, 3.05) is 19.6 Å². The molecule has 1 aliphatic rings. The number of carbonyl (C=O) groups excluding carboxylic acids is 1. The summed E-state index contributed by atoms with van der Waals surface area (Å²) in [7, 11) is 0. The highest BCUT2D eigenvalue weighted by atomic mass is 16.2. The molecule has 0 bridgehead atoms. The lowest BCUT2D eigenvalue weighted by Crippen LogP contribution is -2.51. The number of hydrogen-bond donors (Lipinski definition) is 3. The highest BCUT2D eigenvalue weighted by Crippen LogP contribution is 2.08. The molecule has 1 fully saturated rings. The molecule has 4 heteroatoms. The van der Waals surface area contributed by atoms with Gasteiger partial charge in [-0.15, -0.1) is 0 Å². The minimum Gasteiger partial charge on any atom is -0.338 e. The van der Waals surface area contributed by atoms with E-state index in [0.29, 0.717) is 5.92 Å². The summed E-state index contributed by atoms with van der Waals surface area (Å²) >= 11 is 0. The molecule has 82 valence electrons. The van der Waals surface area contributed by atoms with E-state index in [0.717, 1.165) is 32.5 Å². The zero-order valence-corrected chi connectivity index (χ0v) is 9.10. The average molecular weight is 199 g/mol. The van der Waals surface area contributed by atoms with Gasteiger partial charge in [0.2, 0.25) is 0 Å². The Labute approximate surface area is 85.8 Å². The van der Waals surface area contributed by atoms with Crippen LogP contribution in [0.15, 0.2) is 0 Å². The molecule has 0 saturated carbocycles. The molecule has 14 heavy (non-hydrogen) atoms. The molecule has 0 spiro atoms. The zero-order chi connectivity index (χ0) is 10.4. The molecule has 1 aliphatic heterocycles. The van der Waals surface area contributed by atoms with Gasteiger partial charge in [-0.1, -0.05) is 13.8 Å². The van der Waals surface area contributed by atoms with Gasteiger partial charge in [0, 0.05) is 19.1 Å². The van der Waals surface area contributed by atoms with Gasteiger partial charge in [-0.05, 0) is 25.3 Å². The Kier molecular flexibility index (Phi) is 4.73. The number of amides is 2. The van der Waals surface area contributed by atoms with Crippen molar-refractivity contribution in [1.82, 2.24) is 16.0 Å². The first kappa shape index (κ1) is 11.3. The van der Waals surface area contributed by atoms with Gasteiger partial charge in [-0.3, -0.25) is 0 Å². The molecule has 0 aromatic rings. The molecule has 1 saturated heterocycles. The normalized spacial score (nSPS) is 27.0. The number of hydrogen-bond acceptors (Lipinski definition) is 2. The van der Waals surface area contributed by atoms with E-state index in [9.17, 15) is 4.79 Å². The smallest absolute Gasteiger partial charge is 0.315 e. The van der Waals surface area contributed by atoms with Gasteiger partial charge >= 0.3 is 6.03 Å². The maximum atomic E-state index is 11.3. The molecule has 0 aromatic heterocycles. The predicted molar refractivity (Wildman–Crippen MR) is 57.3 cm³/mol. The summed E-state index contributed by atoms with van der Waals surface area (Å²) in [4.78, 5) is 11.3. The first-order valence-electron chi connectivity index (χ1n) is 5.47. The van der Waals surface area contributed by atoms with E-state index >= 15 is 0 Å². The van der Waals surface area contributed by atoms with Crippen molar-refractivity contribution in [3.8, 4) is 0 Å². The maximum Gasteiger partial charge on any atom is 0.315 e. The molecule has 1 heterocycles. The van der Waals surface area contributed by atoms with Crippen molar-refractivity contribution in [3.05, 3.63) is 0 Å². The van der Waals surface area contributed by atoms with Gasteiger partial charge in [0.15, 0.2) is 0 Å². The molecule has 2 unspecified atom stereocenters. The standard InChI is InChI=1S/C10H21N3O/c1-3-4-12-10(14)13-9-5-8(2)6-11-7-9/h8-9,11H,3-7H2,1-2H3,(H2,12,13,14). The topological polar surface area (TPSA) is 53.2 Å². The highest BCUT2D eigenvalue weighted by Gasteiger charge is 2.19. The number of nitrogens with one attached hydrogen (secondary N) is 3. The first-order valence-corrected chi connectivity index (χ1v) is 5.47. The van der Waals surface area contributed by atoms with Crippen LogP contribution in [-0.4, -0.2) is 31.7 Å². The maximum absolute atomic E-state index is 11.3. The van der Waals surface area contributed by atoms with Crippen LogP contribution in [0.25, 0.3) is 0 Å². The Morgan fingerprint density at radius 2 is 2.29 bits per heavy atom. The Bertz CT molecular complexity index is 184. The van der Waals surface area contributed by atoms with Crippen molar-refractivity contribution >= 4 is 6.03 Å². The third kappa shape index (κ3) is 3.96. The molecule has 3 N–H and O–H groups in total. The summed E-state index contributed by atoms with van der Waals surface area (Å²) < 4.78 is 0. The van der Waals surface area contributed by atoms with E-state index in [4.69, 9.17) is 0 Å². The van der Waals surface area contributed by atoms with Gasteiger partial charge in [0.05, 0.1) is 0 Å². The van der Waals surface area contributed by atoms with E-state index in [1.165, 1.54) is 0 Å². The third-order valence-corrected chi connectivity index (χ3v) is 2.44. The van der Waals surface area contributed by atoms with Crippen LogP contribution in [0.3, 0.4) is 0 Å². The van der Waals surface area contributed by atoms with Crippen molar-refractivity contribution in [3.63, 3.8) is 0 Å². The SMILES string of the molecule is CCCNC(=O)NC1CNCC(C)C1. The van der Waals surface area contributed by atoms with Crippen molar-refractivity contribution in [2.45, 2.75) is 32.7 Å². The fourth-order valence-corrected chi connectivity index (χ4v) is 1.74. The van der Waals surface area contributed by atoms with Crippen LogP contribution in [0.2, 0.25) is 0 Å². The summed E-state index contributed by atoms with van der Waals surface area (Å²) in [5.41, 5.74) is 0. The monoisotopic (exact) mass is 199 g/mol. The lowest BCUT2D eigenvalue weighted by atomic mass is 9.98. The minimum absolute atomic E-state index is 0.0345. The molecule has 0 aliphatic carbocycles. The van der Waals surface area contributed by atoms with E-state index < -0.39 is 0 Å². The number of piperidine rings is 1. The van der Waals surface area contributed by atoms with E-state index in [-0.39, 0.29) is 12.1 Å². The fourth-order valence-electron chi connectivity index (χ4n) is 1.74. The van der Waals surface area contributed by atoms with Gasteiger partial charge in [-0.2, -0.15) is 0 Å². The van der Waals surface area contributed by atoms with E-state index in [1.807, 2.05) is 6.92 Å². The van der Waals surface area contributed by atoms with Crippen LogP contribution in [-0.2, 0) is 0 Å². The molecule has 2 atom stereocenters. The molecule has 0 radical (unpaired) electrons. The van der Waals surface area contributed by atoms with Crippen LogP contribution >= 0.6 is 0 Å². The Hall–Kier alpha value is -0.770. The first-order chi connectivity index (χ1) is 6.72. The molecular formula is C10H21N3O. The number of rotatable bonds is 3. The number of urea groups is 1. The minimum atomic E-state index is -0.0345. The van der Waals surface area contributed by atoms with Crippen molar-refractivity contribution < 1.29 is 4.79 Å². The fraction of sp³-hybridized carbons (Fsp3) is 0.900. The average Bonchev–Trinajstić information content (AvgIpc) is 2.15. The summed E-state index contributed by atoms with van der Waals surface area (Å²) in [6.45, 7) is 6.95. The lowest BCUT2D eigenvalue weighted by Gasteiger charge is -2.28. The second-order valence-corrected chi connectivity index (χ2v) is 4.10. The van der Waals surface area contributed by atoms with Gasteiger partial charge < -0.3 is 16.0 Å². The molecule has 4 nitrogen and oxygen atoms in total. The van der Waals surface area contributed by atoms with Crippen molar-refractivity contribution in [1.29, 1.82) is 0 Å². The lowest BCUT2D eigenvalue weighted by molar-refractivity contribution is 0.230. The molecular weight excluding hydrogens is 178 g/mol. The molecule has 0 aromatic carbocycles. The quantitative estimate of drug-likeness (QED) is 0.626. The molecule has 1 rings (SSSR count). The predicted octanol–water partition coefficient (Wildman–Crippen LogP) is 0.694. The van der Waals surface area contributed by atoms with Gasteiger partial charge in [0.25, 0.3) is 0 Å². The Balaban J connectivity index is 2.18. The van der Waals surface area contributed by atoms with Crippen molar-refractivity contribution in [2.24, 2.45) is 5.92 Å². The summed E-state index contributed by atoms with van der Waals surface area (Å²) in [6.07, 6.45) is 2.05. The zero-order valence-electron chi connectivity index (χ0n) is 9.10. The van der Waals surface area contributed by atoms with Crippen LogP contribution in [0.4, 0.5) is 4.79 Å². The van der Waals surface area contributed by atoms with Crippen LogP contribution < -0.4 is 16.0 Å². The summed E-state index contributed by atoms with van der Waals surface area (Å²) in [5, 5.41) is 9.09.